The highest BCUT2D eigenvalue weighted by atomic mass is 31.2. The van der Waals surface area contributed by atoms with Gasteiger partial charge in [-0.1, -0.05) is 146 Å². The molecular formula is C39H34BOP. The summed E-state index contributed by atoms with van der Waals surface area (Å²) in [6, 6.07) is 64.6. The molecule has 0 bridgehead atoms. The van der Waals surface area contributed by atoms with Crippen molar-refractivity contribution in [2.45, 2.75) is 12.5 Å². The summed E-state index contributed by atoms with van der Waals surface area (Å²) in [7, 11) is -2.66. The van der Waals surface area contributed by atoms with Crippen LogP contribution in [-0.2, 0) is 4.79 Å². The molecule has 0 heterocycles. The minimum absolute atomic E-state index is 0.191. The van der Waals surface area contributed by atoms with Crippen molar-refractivity contribution in [2.75, 3.05) is 0 Å². The number of carbonyl (C=O) groups excluding carboxylic acids is 1. The maximum absolute atomic E-state index is 14.9. The second-order valence-electron chi connectivity index (χ2n) is 10.9. The summed E-state index contributed by atoms with van der Waals surface area (Å²) in [6.07, 6.45) is -1.83. The minimum Gasteiger partial charge on any atom is -0.299 e. The van der Waals surface area contributed by atoms with E-state index in [-0.39, 0.29) is 5.78 Å². The quantitative estimate of drug-likeness (QED) is 0.165. The fourth-order valence-corrected chi connectivity index (χ4v) is 12.8. The van der Waals surface area contributed by atoms with Gasteiger partial charge in [-0.3, -0.25) is 4.79 Å². The highest BCUT2D eigenvalue weighted by Crippen LogP contribution is 2.62. The first-order valence-electron chi connectivity index (χ1n) is 14.6. The van der Waals surface area contributed by atoms with Crippen LogP contribution in [0.15, 0.2) is 182 Å². The van der Waals surface area contributed by atoms with Crippen molar-refractivity contribution < 1.29 is 4.79 Å². The first kappa shape index (κ1) is 27.6. The second kappa shape index (κ2) is 12.2. The summed E-state index contributed by atoms with van der Waals surface area (Å²) in [6.45, 7) is 1.82. The van der Waals surface area contributed by atoms with Crippen molar-refractivity contribution in [3.63, 3.8) is 0 Å². The summed E-state index contributed by atoms with van der Waals surface area (Å²) in [5, 5.41) is 3.62. The van der Waals surface area contributed by atoms with E-state index >= 15 is 0 Å². The van der Waals surface area contributed by atoms with E-state index in [1.165, 1.54) is 32.3 Å². The van der Waals surface area contributed by atoms with Crippen LogP contribution in [0.1, 0.15) is 6.92 Å². The monoisotopic (exact) mass is 560 g/mol. The average Bonchev–Trinajstić information content (AvgIpc) is 3.07. The van der Waals surface area contributed by atoms with Crippen LogP contribution in [0.4, 0.5) is 0 Å². The fraction of sp³-hybridized carbons (Fsp3) is 0.0513. The first-order chi connectivity index (χ1) is 20.7. The van der Waals surface area contributed by atoms with Gasteiger partial charge in [-0.15, -0.1) is 0 Å². The Morgan fingerprint density at radius 3 is 0.905 bits per heavy atom. The normalized spacial score (nSPS) is 12.4. The molecule has 0 fully saturated rings. The molecule has 3 heteroatoms. The molecule has 6 aromatic carbocycles. The highest BCUT2D eigenvalue weighted by molar-refractivity contribution is 7.99. The molecule has 0 aromatic heterocycles. The lowest BCUT2D eigenvalue weighted by Gasteiger charge is -2.52. The maximum atomic E-state index is 14.9. The van der Waals surface area contributed by atoms with Crippen LogP contribution >= 0.6 is 7.26 Å². The lowest BCUT2D eigenvalue weighted by Crippen LogP contribution is -2.77. The van der Waals surface area contributed by atoms with E-state index in [0.29, 0.717) is 0 Å². The van der Waals surface area contributed by atoms with E-state index in [1.807, 2.05) is 6.92 Å². The zero-order valence-electron chi connectivity index (χ0n) is 23.8. The van der Waals surface area contributed by atoms with Crippen LogP contribution in [0, 0.1) is 0 Å². The number of carbonyl (C=O) groups is 1. The standard InChI is InChI=1S/C39H34BOP/c1-32(41)39(40(33-20-8-2-9-21-33,34-22-10-3-11-23-34)35-24-12-4-13-25-35)42(36-26-14-5-15-27-36,37-28-16-6-17-29-37)38-30-18-7-19-31-38/h2-31,39H,1H3. The second-order valence-corrected chi connectivity index (χ2v) is 14.5. The zero-order chi connectivity index (χ0) is 28.8. The molecule has 0 radical (unpaired) electrons. The molecule has 1 nitrogen and oxygen atoms in total. The van der Waals surface area contributed by atoms with Crippen LogP contribution in [0.5, 0.6) is 0 Å². The van der Waals surface area contributed by atoms with Crippen molar-refractivity contribution in [3.8, 4) is 0 Å². The minimum atomic E-state index is -2.66. The topological polar surface area (TPSA) is 17.1 Å². The number of ketones is 1. The van der Waals surface area contributed by atoms with Gasteiger partial charge in [0, 0.05) is 5.56 Å². The zero-order valence-corrected chi connectivity index (χ0v) is 24.7. The van der Waals surface area contributed by atoms with Crippen LogP contribution in [0.25, 0.3) is 0 Å². The fourth-order valence-electron chi connectivity index (χ4n) is 7.27. The van der Waals surface area contributed by atoms with Crippen molar-refractivity contribution in [1.82, 2.24) is 0 Å². The molecule has 1 unspecified atom stereocenters. The van der Waals surface area contributed by atoms with Crippen molar-refractivity contribution in [1.29, 1.82) is 0 Å². The summed E-state index contributed by atoms with van der Waals surface area (Å²) in [4.78, 5) is 14.9. The Hall–Kier alpha value is -4.52. The summed E-state index contributed by atoms with van der Waals surface area (Å²) < 4.78 is 0. The van der Waals surface area contributed by atoms with Gasteiger partial charge in [-0.25, -0.2) is 0 Å². The van der Waals surface area contributed by atoms with E-state index in [4.69, 9.17) is 0 Å². The Balaban J connectivity index is 1.88. The van der Waals surface area contributed by atoms with E-state index in [9.17, 15) is 4.79 Å². The van der Waals surface area contributed by atoms with E-state index in [1.54, 1.807) is 0 Å². The van der Waals surface area contributed by atoms with Gasteiger partial charge in [0.1, 0.15) is 27.8 Å². The number of benzene rings is 6. The molecule has 0 N–H and O–H groups in total. The molecule has 6 rings (SSSR count). The smallest absolute Gasteiger partial charge is 0.135 e. The van der Waals surface area contributed by atoms with Crippen molar-refractivity contribution in [2.24, 2.45) is 0 Å². The Kier molecular flexibility index (Phi) is 8.00. The molecule has 0 amide bonds. The molecule has 1 atom stereocenters. The molecule has 0 saturated carbocycles. The molecular weight excluding hydrogens is 526 g/mol. The van der Waals surface area contributed by atoms with Crippen LogP contribution < -0.4 is 32.3 Å². The van der Waals surface area contributed by atoms with Gasteiger partial charge in [-0.2, -0.15) is 16.4 Å². The Morgan fingerprint density at radius 2 is 0.667 bits per heavy atom. The average molecular weight is 560 g/mol. The van der Waals surface area contributed by atoms with Gasteiger partial charge in [-0.05, 0) is 43.3 Å². The number of hydrogen-bond acceptors (Lipinski definition) is 1. The predicted octanol–water partition coefficient (Wildman–Crippen LogP) is 5.65. The van der Waals surface area contributed by atoms with Gasteiger partial charge in [0.2, 0.25) is 0 Å². The van der Waals surface area contributed by atoms with Gasteiger partial charge < -0.3 is 0 Å². The lowest BCUT2D eigenvalue weighted by molar-refractivity contribution is -0.115. The lowest BCUT2D eigenvalue weighted by atomic mass is 9.13. The SMILES string of the molecule is CC(=O)C([B-](c1ccccc1)(c1ccccc1)c1ccccc1)[P+](c1ccccc1)(c1ccccc1)c1ccccc1. The molecule has 0 spiro atoms. The Labute approximate surface area is 250 Å². The molecule has 6 aromatic rings. The van der Waals surface area contributed by atoms with Crippen LogP contribution in [0.3, 0.4) is 0 Å². The molecule has 42 heavy (non-hydrogen) atoms. The Morgan fingerprint density at radius 1 is 0.429 bits per heavy atom. The third-order valence-electron chi connectivity index (χ3n) is 8.77. The van der Waals surface area contributed by atoms with Crippen LogP contribution in [-0.4, -0.2) is 17.5 Å². The number of hydrogen-bond donors (Lipinski definition) is 0. The van der Waals surface area contributed by atoms with Crippen LogP contribution in [0.2, 0.25) is 0 Å². The van der Waals surface area contributed by atoms with E-state index in [2.05, 4.69) is 182 Å². The number of Topliss-reactive ketones (excluding diaryl/α,β-unsaturated/α-hetero) is 1. The first-order valence-corrected chi connectivity index (χ1v) is 16.4. The molecule has 0 aliphatic carbocycles. The summed E-state index contributed by atoms with van der Waals surface area (Å²) in [5.74, 6) is 0.191. The third kappa shape index (κ3) is 4.63. The highest BCUT2D eigenvalue weighted by Gasteiger charge is 2.60. The van der Waals surface area contributed by atoms with Gasteiger partial charge in [0.05, 0.1) is 7.26 Å². The maximum Gasteiger partial charge on any atom is 0.135 e. The van der Waals surface area contributed by atoms with Crippen molar-refractivity contribution in [3.05, 3.63) is 182 Å². The van der Waals surface area contributed by atoms with E-state index in [0.717, 1.165) is 0 Å². The van der Waals surface area contributed by atoms with Crippen molar-refractivity contribution >= 4 is 51.5 Å². The molecule has 0 saturated heterocycles. The van der Waals surface area contributed by atoms with E-state index < -0.39 is 19.0 Å². The number of rotatable bonds is 9. The molecule has 204 valence electrons. The Bertz CT molecular complexity index is 1410. The van der Waals surface area contributed by atoms with Gasteiger partial charge in [0.25, 0.3) is 0 Å². The third-order valence-corrected chi connectivity index (χ3v) is 13.8. The molecule has 0 aliphatic rings. The summed E-state index contributed by atoms with van der Waals surface area (Å²) in [5.41, 5.74) is 3.11. The molecule has 0 aliphatic heterocycles. The largest absolute Gasteiger partial charge is 0.299 e. The van der Waals surface area contributed by atoms with Gasteiger partial charge in [0.15, 0.2) is 0 Å². The van der Waals surface area contributed by atoms with Gasteiger partial charge >= 0.3 is 0 Å². The predicted molar refractivity (Wildman–Crippen MR) is 184 cm³/mol. The summed E-state index contributed by atoms with van der Waals surface area (Å²) >= 11 is 0.